The molecule has 0 atom stereocenters. The third-order valence-corrected chi connectivity index (χ3v) is 2.29. The fraction of sp³-hybridized carbons (Fsp3) is 0.333. The standard InChI is InChI=1S/C12H15N3O/c1-9(2)14-12(16)7-15-8-13-10-5-3-4-6-11(10)15/h3-6,8-9H,7H2,1-2H3,(H,14,16). The fourth-order valence-electron chi connectivity index (χ4n) is 1.66. The van der Waals surface area contributed by atoms with Crippen molar-refractivity contribution in [3.63, 3.8) is 0 Å². The Morgan fingerprint density at radius 3 is 2.94 bits per heavy atom. The number of imidazole rings is 1. The summed E-state index contributed by atoms with van der Waals surface area (Å²) in [5.41, 5.74) is 1.90. The second-order valence-electron chi connectivity index (χ2n) is 4.08. The molecule has 1 aromatic carbocycles. The Hall–Kier alpha value is -1.84. The quantitative estimate of drug-likeness (QED) is 0.848. The van der Waals surface area contributed by atoms with Crippen LogP contribution in [-0.2, 0) is 11.3 Å². The Morgan fingerprint density at radius 2 is 2.19 bits per heavy atom. The molecule has 4 heteroatoms. The van der Waals surface area contributed by atoms with Gasteiger partial charge in [-0.1, -0.05) is 12.1 Å². The van der Waals surface area contributed by atoms with Crippen molar-refractivity contribution < 1.29 is 4.79 Å². The number of carbonyl (C=O) groups is 1. The number of carbonyl (C=O) groups excluding carboxylic acids is 1. The van der Waals surface area contributed by atoms with Gasteiger partial charge in [0.25, 0.3) is 0 Å². The third-order valence-electron chi connectivity index (χ3n) is 2.29. The van der Waals surface area contributed by atoms with Gasteiger partial charge in [0, 0.05) is 6.04 Å². The Morgan fingerprint density at radius 1 is 1.44 bits per heavy atom. The highest BCUT2D eigenvalue weighted by Crippen LogP contribution is 2.11. The Bertz CT molecular complexity index is 502. The van der Waals surface area contributed by atoms with Crippen LogP contribution in [0.5, 0.6) is 0 Å². The van der Waals surface area contributed by atoms with Crippen LogP contribution in [0.1, 0.15) is 13.8 Å². The van der Waals surface area contributed by atoms with Crippen LogP contribution in [-0.4, -0.2) is 21.5 Å². The molecule has 0 aliphatic heterocycles. The highest BCUT2D eigenvalue weighted by molar-refractivity contribution is 5.80. The minimum absolute atomic E-state index is 0.0122. The van der Waals surface area contributed by atoms with Crippen molar-refractivity contribution in [1.29, 1.82) is 0 Å². The van der Waals surface area contributed by atoms with Crippen molar-refractivity contribution in [1.82, 2.24) is 14.9 Å². The summed E-state index contributed by atoms with van der Waals surface area (Å²) < 4.78 is 1.85. The van der Waals surface area contributed by atoms with Crippen LogP contribution in [0.4, 0.5) is 0 Å². The van der Waals surface area contributed by atoms with Crippen molar-refractivity contribution in [3.8, 4) is 0 Å². The molecule has 0 spiro atoms. The fourth-order valence-corrected chi connectivity index (χ4v) is 1.66. The van der Waals surface area contributed by atoms with E-state index in [9.17, 15) is 4.79 Å². The molecule has 0 unspecified atom stereocenters. The zero-order valence-corrected chi connectivity index (χ0v) is 9.47. The maximum absolute atomic E-state index is 11.6. The molecular formula is C12H15N3O. The smallest absolute Gasteiger partial charge is 0.240 e. The molecule has 0 aliphatic rings. The molecular weight excluding hydrogens is 202 g/mol. The molecule has 4 nitrogen and oxygen atoms in total. The van der Waals surface area contributed by atoms with Crippen LogP contribution < -0.4 is 5.32 Å². The molecule has 2 aromatic rings. The number of nitrogens with zero attached hydrogens (tertiary/aromatic N) is 2. The molecule has 16 heavy (non-hydrogen) atoms. The minimum atomic E-state index is 0.0122. The maximum Gasteiger partial charge on any atom is 0.240 e. The maximum atomic E-state index is 11.6. The summed E-state index contributed by atoms with van der Waals surface area (Å²) in [6.07, 6.45) is 1.70. The summed E-state index contributed by atoms with van der Waals surface area (Å²) in [5, 5.41) is 2.86. The molecule has 0 aliphatic carbocycles. The van der Waals surface area contributed by atoms with Crippen LogP contribution >= 0.6 is 0 Å². The Balaban J connectivity index is 2.18. The van der Waals surface area contributed by atoms with E-state index < -0.39 is 0 Å². The van der Waals surface area contributed by atoms with Gasteiger partial charge in [-0.2, -0.15) is 0 Å². The number of hydrogen-bond acceptors (Lipinski definition) is 2. The van der Waals surface area contributed by atoms with E-state index in [4.69, 9.17) is 0 Å². The van der Waals surface area contributed by atoms with E-state index in [0.717, 1.165) is 11.0 Å². The predicted molar refractivity (Wildman–Crippen MR) is 63.0 cm³/mol. The van der Waals surface area contributed by atoms with Gasteiger partial charge in [0.1, 0.15) is 6.54 Å². The van der Waals surface area contributed by atoms with Crippen molar-refractivity contribution in [3.05, 3.63) is 30.6 Å². The minimum Gasteiger partial charge on any atom is -0.352 e. The molecule has 1 N–H and O–H groups in total. The molecule has 0 radical (unpaired) electrons. The number of rotatable bonds is 3. The van der Waals surface area contributed by atoms with E-state index in [1.165, 1.54) is 0 Å². The Kier molecular flexibility index (Phi) is 2.90. The van der Waals surface area contributed by atoms with Crippen LogP contribution in [0.3, 0.4) is 0 Å². The summed E-state index contributed by atoms with van der Waals surface area (Å²) in [5.74, 6) is 0.0122. The van der Waals surface area contributed by atoms with E-state index in [-0.39, 0.29) is 11.9 Å². The zero-order chi connectivity index (χ0) is 11.5. The van der Waals surface area contributed by atoms with Gasteiger partial charge < -0.3 is 9.88 Å². The summed E-state index contributed by atoms with van der Waals surface area (Å²) in [6, 6.07) is 7.95. The molecule has 2 rings (SSSR count). The van der Waals surface area contributed by atoms with Crippen molar-refractivity contribution in [2.24, 2.45) is 0 Å². The lowest BCUT2D eigenvalue weighted by molar-refractivity contribution is -0.122. The monoisotopic (exact) mass is 217 g/mol. The lowest BCUT2D eigenvalue weighted by Crippen LogP contribution is -2.32. The van der Waals surface area contributed by atoms with Crippen molar-refractivity contribution in [2.75, 3.05) is 0 Å². The lowest BCUT2D eigenvalue weighted by Gasteiger charge is -2.09. The van der Waals surface area contributed by atoms with Gasteiger partial charge in [-0.15, -0.1) is 0 Å². The largest absolute Gasteiger partial charge is 0.352 e. The Labute approximate surface area is 94.3 Å². The zero-order valence-electron chi connectivity index (χ0n) is 9.47. The van der Waals surface area contributed by atoms with Crippen LogP contribution in [0.15, 0.2) is 30.6 Å². The van der Waals surface area contributed by atoms with Gasteiger partial charge in [0.05, 0.1) is 17.4 Å². The van der Waals surface area contributed by atoms with Crippen LogP contribution in [0.2, 0.25) is 0 Å². The van der Waals surface area contributed by atoms with Crippen molar-refractivity contribution in [2.45, 2.75) is 26.4 Å². The number of amides is 1. The molecule has 0 saturated carbocycles. The number of nitrogens with one attached hydrogen (secondary N) is 1. The first kappa shape index (κ1) is 10.7. The van der Waals surface area contributed by atoms with Gasteiger partial charge in [-0.3, -0.25) is 4.79 Å². The number of aromatic nitrogens is 2. The molecule has 0 saturated heterocycles. The average molecular weight is 217 g/mol. The second-order valence-corrected chi connectivity index (χ2v) is 4.08. The van der Waals surface area contributed by atoms with E-state index in [2.05, 4.69) is 10.3 Å². The molecule has 1 heterocycles. The lowest BCUT2D eigenvalue weighted by atomic mass is 10.3. The van der Waals surface area contributed by atoms with E-state index in [1.807, 2.05) is 42.7 Å². The van der Waals surface area contributed by atoms with Crippen molar-refractivity contribution >= 4 is 16.9 Å². The normalized spacial score (nSPS) is 10.9. The molecule has 0 fully saturated rings. The summed E-state index contributed by atoms with van der Waals surface area (Å²) in [4.78, 5) is 15.8. The second kappa shape index (κ2) is 4.35. The molecule has 0 bridgehead atoms. The van der Waals surface area contributed by atoms with Gasteiger partial charge in [-0.05, 0) is 26.0 Å². The van der Waals surface area contributed by atoms with Gasteiger partial charge in [0.15, 0.2) is 0 Å². The van der Waals surface area contributed by atoms with Gasteiger partial charge in [-0.25, -0.2) is 4.98 Å². The SMILES string of the molecule is CC(C)NC(=O)Cn1cnc2ccccc21. The van der Waals surface area contributed by atoms with Crippen LogP contribution in [0.25, 0.3) is 11.0 Å². The topological polar surface area (TPSA) is 46.9 Å². The van der Waals surface area contributed by atoms with E-state index in [0.29, 0.717) is 6.54 Å². The predicted octanol–water partition coefficient (Wildman–Crippen LogP) is 1.56. The summed E-state index contributed by atoms with van der Waals surface area (Å²) >= 11 is 0. The summed E-state index contributed by atoms with van der Waals surface area (Å²) in [6.45, 7) is 4.21. The van der Waals surface area contributed by atoms with E-state index in [1.54, 1.807) is 6.33 Å². The molecule has 1 aromatic heterocycles. The highest BCUT2D eigenvalue weighted by atomic mass is 16.2. The van der Waals surface area contributed by atoms with E-state index >= 15 is 0 Å². The third kappa shape index (κ3) is 2.21. The summed E-state index contributed by atoms with van der Waals surface area (Å²) in [7, 11) is 0. The first-order chi connectivity index (χ1) is 7.66. The van der Waals surface area contributed by atoms with Gasteiger partial charge >= 0.3 is 0 Å². The highest BCUT2D eigenvalue weighted by Gasteiger charge is 2.07. The first-order valence-corrected chi connectivity index (χ1v) is 5.36. The number of para-hydroxylation sites is 2. The molecule has 1 amide bonds. The van der Waals surface area contributed by atoms with Gasteiger partial charge in [0.2, 0.25) is 5.91 Å². The number of hydrogen-bond donors (Lipinski definition) is 1. The number of fused-ring (bicyclic) bond motifs is 1. The number of benzene rings is 1. The first-order valence-electron chi connectivity index (χ1n) is 5.36. The average Bonchev–Trinajstić information content (AvgIpc) is 2.61. The van der Waals surface area contributed by atoms with Crippen LogP contribution in [0, 0.1) is 0 Å². The molecule has 84 valence electrons.